The molecule has 0 aliphatic carbocycles. The van der Waals surface area contributed by atoms with E-state index < -0.39 is 0 Å². The Kier molecular flexibility index (Phi) is 7.61. The van der Waals surface area contributed by atoms with Crippen LogP contribution >= 0.6 is 0 Å². The van der Waals surface area contributed by atoms with Gasteiger partial charge in [-0.3, -0.25) is 4.79 Å². The Morgan fingerprint density at radius 2 is 1.81 bits per heavy atom. The number of methoxy groups -OCH3 is 2. The van der Waals surface area contributed by atoms with Gasteiger partial charge in [-0.15, -0.1) is 0 Å². The van der Waals surface area contributed by atoms with Gasteiger partial charge in [0.15, 0.2) is 0 Å². The second-order valence-electron chi connectivity index (χ2n) is 5.04. The van der Waals surface area contributed by atoms with Crippen LogP contribution in [0.3, 0.4) is 0 Å². The molecule has 1 aromatic rings. The summed E-state index contributed by atoms with van der Waals surface area (Å²) in [7, 11) is 3.16. The Bertz CT molecular complexity index is 427. The molecule has 0 aromatic heterocycles. The van der Waals surface area contributed by atoms with Gasteiger partial charge in [-0.05, 0) is 25.3 Å². The molecule has 3 N–H and O–H groups in total. The van der Waals surface area contributed by atoms with E-state index in [4.69, 9.17) is 15.2 Å². The van der Waals surface area contributed by atoms with Gasteiger partial charge in [0.1, 0.15) is 11.5 Å². The lowest BCUT2D eigenvalue weighted by Crippen LogP contribution is -2.15. The van der Waals surface area contributed by atoms with E-state index in [1.54, 1.807) is 32.4 Å². The van der Waals surface area contributed by atoms with Gasteiger partial charge in [0.2, 0.25) is 5.91 Å². The molecule has 0 saturated carbocycles. The third kappa shape index (κ3) is 6.04. The van der Waals surface area contributed by atoms with Crippen LogP contribution in [0.1, 0.15) is 32.6 Å². The first-order chi connectivity index (χ1) is 10.1. The molecule has 0 aliphatic heterocycles. The molecular formula is C16H26N2O3. The summed E-state index contributed by atoms with van der Waals surface area (Å²) >= 11 is 0. The summed E-state index contributed by atoms with van der Waals surface area (Å²) in [6.07, 6.45) is 3.38. The molecule has 0 saturated heterocycles. The number of nitrogens with two attached hydrogens (primary N) is 1. The summed E-state index contributed by atoms with van der Waals surface area (Å²) in [5, 5.41) is 2.88. The van der Waals surface area contributed by atoms with E-state index in [9.17, 15) is 4.79 Å². The fourth-order valence-corrected chi connectivity index (χ4v) is 2.23. The van der Waals surface area contributed by atoms with Crippen molar-refractivity contribution in [3.8, 4) is 11.5 Å². The number of carbonyl (C=O) groups excluding carboxylic acids is 1. The number of hydrogen-bond acceptors (Lipinski definition) is 4. The number of amides is 1. The lowest BCUT2D eigenvalue weighted by atomic mass is 9.96. The van der Waals surface area contributed by atoms with E-state index in [1.807, 2.05) is 0 Å². The maximum atomic E-state index is 12.0. The first kappa shape index (κ1) is 17.3. The minimum atomic E-state index is 0.000720. The number of anilines is 1. The number of hydrogen-bond donors (Lipinski definition) is 2. The first-order valence-corrected chi connectivity index (χ1v) is 7.35. The van der Waals surface area contributed by atoms with Crippen LogP contribution in [0.4, 0.5) is 5.69 Å². The van der Waals surface area contributed by atoms with Crippen LogP contribution in [-0.4, -0.2) is 26.7 Å². The second-order valence-corrected chi connectivity index (χ2v) is 5.04. The molecule has 21 heavy (non-hydrogen) atoms. The van der Waals surface area contributed by atoms with Gasteiger partial charge in [0.05, 0.1) is 14.2 Å². The molecule has 0 aliphatic rings. The predicted octanol–water partition coefficient (Wildman–Crippen LogP) is 2.80. The molecule has 5 heteroatoms. The molecule has 1 aromatic carbocycles. The zero-order valence-corrected chi connectivity index (χ0v) is 13.1. The van der Waals surface area contributed by atoms with Crippen LogP contribution in [0.25, 0.3) is 0 Å². The van der Waals surface area contributed by atoms with Crippen LogP contribution < -0.4 is 20.5 Å². The fraction of sp³-hybridized carbons (Fsp3) is 0.562. The highest BCUT2D eigenvalue weighted by molar-refractivity contribution is 5.91. The Labute approximate surface area is 126 Å². The van der Waals surface area contributed by atoms with Crippen molar-refractivity contribution in [3.05, 3.63) is 18.2 Å². The van der Waals surface area contributed by atoms with Crippen molar-refractivity contribution in [2.45, 2.75) is 32.6 Å². The molecule has 0 bridgehead atoms. The third-order valence-electron chi connectivity index (χ3n) is 3.57. The second kappa shape index (κ2) is 9.23. The highest BCUT2D eigenvalue weighted by Gasteiger charge is 2.10. The maximum Gasteiger partial charge on any atom is 0.224 e. The number of nitrogens with one attached hydrogen (secondary N) is 1. The van der Waals surface area contributed by atoms with Gasteiger partial charge in [-0.1, -0.05) is 13.3 Å². The summed E-state index contributed by atoms with van der Waals surface area (Å²) < 4.78 is 10.4. The third-order valence-corrected chi connectivity index (χ3v) is 3.57. The Hall–Kier alpha value is -1.75. The first-order valence-electron chi connectivity index (χ1n) is 7.35. The van der Waals surface area contributed by atoms with Crippen LogP contribution in [0, 0.1) is 5.92 Å². The Morgan fingerprint density at radius 3 is 2.29 bits per heavy atom. The Morgan fingerprint density at radius 1 is 1.19 bits per heavy atom. The molecule has 1 amide bonds. The zero-order chi connectivity index (χ0) is 15.7. The summed E-state index contributed by atoms with van der Waals surface area (Å²) in [6, 6.07) is 5.32. The minimum Gasteiger partial charge on any atom is -0.497 e. The van der Waals surface area contributed by atoms with Crippen molar-refractivity contribution >= 4 is 11.6 Å². The van der Waals surface area contributed by atoms with Gasteiger partial charge < -0.3 is 20.5 Å². The maximum absolute atomic E-state index is 12.0. The van der Waals surface area contributed by atoms with Crippen LogP contribution in [0.15, 0.2) is 18.2 Å². The van der Waals surface area contributed by atoms with Crippen molar-refractivity contribution in [2.75, 3.05) is 26.1 Å². The lowest BCUT2D eigenvalue weighted by Gasteiger charge is -2.14. The van der Waals surface area contributed by atoms with Gasteiger partial charge in [0, 0.05) is 30.3 Å². The Balaban J connectivity index is 2.57. The molecule has 1 atom stereocenters. The smallest absolute Gasteiger partial charge is 0.224 e. The number of carbonyl (C=O) groups is 1. The largest absolute Gasteiger partial charge is 0.497 e. The molecule has 0 radical (unpaired) electrons. The van der Waals surface area contributed by atoms with E-state index in [-0.39, 0.29) is 5.91 Å². The van der Waals surface area contributed by atoms with Gasteiger partial charge in [0.25, 0.3) is 0 Å². The molecule has 1 rings (SSSR count). The quantitative estimate of drug-likeness (QED) is 0.734. The van der Waals surface area contributed by atoms with Crippen molar-refractivity contribution in [3.63, 3.8) is 0 Å². The monoisotopic (exact) mass is 294 g/mol. The summed E-state index contributed by atoms with van der Waals surface area (Å²) in [5.41, 5.74) is 6.25. The van der Waals surface area contributed by atoms with Crippen molar-refractivity contribution < 1.29 is 14.3 Å². The average Bonchev–Trinajstić information content (AvgIpc) is 2.50. The average molecular weight is 294 g/mol. The molecular weight excluding hydrogens is 268 g/mol. The van der Waals surface area contributed by atoms with Crippen molar-refractivity contribution in [1.82, 2.24) is 0 Å². The summed E-state index contributed by atoms with van der Waals surface area (Å²) in [5.74, 6) is 1.82. The number of ether oxygens (including phenoxy) is 2. The van der Waals surface area contributed by atoms with Crippen LogP contribution in [0.2, 0.25) is 0 Å². The van der Waals surface area contributed by atoms with Crippen LogP contribution in [-0.2, 0) is 4.79 Å². The molecule has 0 heterocycles. The summed E-state index contributed by atoms with van der Waals surface area (Å²) in [4.78, 5) is 12.0. The van der Waals surface area contributed by atoms with Gasteiger partial charge in [-0.2, -0.15) is 0 Å². The minimum absolute atomic E-state index is 0.000720. The highest BCUT2D eigenvalue weighted by atomic mass is 16.5. The van der Waals surface area contributed by atoms with E-state index in [2.05, 4.69) is 12.2 Å². The normalized spacial score (nSPS) is 11.8. The molecule has 5 nitrogen and oxygen atoms in total. The predicted molar refractivity (Wildman–Crippen MR) is 84.9 cm³/mol. The van der Waals surface area contributed by atoms with Crippen molar-refractivity contribution in [1.29, 1.82) is 0 Å². The van der Waals surface area contributed by atoms with E-state index in [0.717, 1.165) is 19.3 Å². The van der Waals surface area contributed by atoms with Gasteiger partial charge in [-0.25, -0.2) is 0 Å². The highest BCUT2D eigenvalue weighted by Crippen LogP contribution is 2.26. The van der Waals surface area contributed by atoms with E-state index in [0.29, 0.717) is 36.1 Å². The fourth-order valence-electron chi connectivity index (χ4n) is 2.23. The molecule has 0 fully saturated rings. The topological polar surface area (TPSA) is 73.6 Å². The molecule has 0 spiro atoms. The zero-order valence-electron chi connectivity index (χ0n) is 13.1. The molecule has 118 valence electrons. The SMILES string of the molecule is CCC(CCN)CCC(=O)Nc1cc(OC)cc(OC)c1. The van der Waals surface area contributed by atoms with Crippen LogP contribution in [0.5, 0.6) is 11.5 Å². The van der Waals surface area contributed by atoms with E-state index >= 15 is 0 Å². The standard InChI is InChI=1S/C16H26N2O3/c1-4-12(7-8-17)5-6-16(19)18-13-9-14(20-2)11-15(10-13)21-3/h9-12H,4-8,17H2,1-3H3,(H,18,19). The van der Waals surface area contributed by atoms with Crippen molar-refractivity contribution in [2.24, 2.45) is 11.7 Å². The number of rotatable bonds is 9. The van der Waals surface area contributed by atoms with Gasteiger partial charge >= 0.3 is 0 Å². The molecule has 1 unspecified atom stereocenters. The summed E-state index contributed by atoms with van der Waals surface area (Å²) in [6.45, 7) is 2.80. The number of benzene rings is 1. The lowest BCUT2D eigenvalue weighted by molar-refractivity contribution is -0.116. The van der Waals surface area contributed by atoms with E-state index in [1.165, 1.54) is 0 Å².